The smallest absolute Gasteiger partial charge is 0.293 e. The first-order valence-corrected chi connectivity index (χ1v) is 9.78. The van der Waals surface area contributed by atoms with Crippen molar-refractivity contribution >= 4 is 45.0 Å². The number of carbonyl (C=O) groups excluding carboxylic acids is 2. The first-order chi connectivity index (χ1) is 13.5. The van der Waals surface area contributed by atoms with Gasteiger partial charge in [-0.2, -0.15) is 0 Å². The predicted molar refractivity (Wildman–Crippen MR) is 113 cm³/mol. The van der Waals surface area contributed by atoms with E-state index in [2.05, 4.69) is 21.2 Å². The summed E-state index contributed by atoms with van der Waals surface area (Å²) in [4.78, 5) is 26.7. The quantitative estimate of drug-likeness (QED) is 0.565. The third-order valence-corrected chi connectivity index (χ3v) is 4.85. The number of hydrogen-bond donors (Lipinski definition) is 1. The molecule has 0 aliphatic rings. The summed E-state index contributed by atoms with van der Waals surface area (Å²) in [6, 6.07) is 17.7. The molecule has 0 saturated carbocycles. The standard InChI is InChI=1S/C21H18BrClN2O3/c1-25(21(27)18-9-10-19(22)28-18)17-8-3-2-7-16(17)20(26)24-12-11-14-5-4-6-15(23)13-14/h2-10,13H,11-12H2,1H3,(H,24,26). The molecule has 0 fully saturated rings. The maximum Gasteiger partial charge on any atom is 0.293 e. The van der Waals surface area contributed by atoms with Crippen molar-refractivity contribution < 1.29 is 14.0 Å². The predicted octanol–water partition coefficient (Wildman–Crippen LogP) is 4.94. The molecule has 0 bridgehead atoms. The number of halogens is 2. The van der Waals surface area contributed by atoms with E-state index in [0.717, 1.165) is 5.56 Å². The summed E-state index contributed by atoms with van der Waals surface area (Å²) in [5.74, 6) is -0.409. The lowest BCUT2D eigenvalue weighted by atomic mass is 10.1. The van der Waals surface area contributed by atoms with E-state index in [9.17, 15) is 9.59 Å². The van der Waals surface area contributed by atoms with E-state index in [1.165, 1.54) is 4.90 Å². The van der Waals surface area contributed by atoms with Crippen LogP contribution in [0.3, 0.4) is 0 Å². The summed E-state index contributed by atoms with van der Waals surface area (Å²) >= 11 is 9.17. The lowest BCUT2D eigenvalue weighted by molar-refractivity contribution is 0.0954. The van der Waals surface area contributed by atoms with E-state index in [1.807, 2.05) is 24.3 Å². The lowest BCUT2D eigenvalue weighted by Gasteiger charge is -2.19. The number of para-hydroxylation sites is 1. The monoisotopic (exact) mass is 460 g/mol. The Hall–Kier alpha value is -2.57. The largest absolute Gasteiger partial charge is 0.444 e. The second-order valence-electron chi connectivity index (χ2n) is 6.12. The van der Waals surface area contributed by atoms with Gasteiger partial charge in [0.1, 0.15) is 0 Å². The second kappa shape index (κ2) is 9.08. The molecule has 0 atom stereocenters. The van der Waals surface area contributed by atoms with Crippen LogP contribution in [0.1, 0.15) is 26.5 Å². The van der Waals surface area contributed by atoms with Gasteiger partial charge in [0, 0.05) is 18.6 Å². The van der Waals surface area contributed by atoms with Crippen molar-refractivity contribution in [3.8, 4) is 0 Å². The van der Waals surface area contributed by atoms with Crippen molar-refractivity contribution in [2.24, 2.45) is 0 Å². The fourth-order valence-electron chi connectivity index (χ4n) is 2.77. The molecular formula is C21H18BrClN2O3. The molecule has 0 unspecified atom stereocenters. The average molecular weight is 462 g/mol. The number of carbonyl (C=O) groups is 2. The fraction of sp³-hybridized carbons (Fsp3) is 0.143. The molecule has 7 heteroatoms. The van der Waals surface area contributed by atoms with Gasteiger partial charge in [0.15, 0.2) is 10.4 Å². The minimum Gasteiger partial charge on any atom is -0.444 e. The Morgan fingerprint density at radius 1 is 1.11 bits per heavy atom. The molecule has 0 spiro atoms. The van der Waals surface area contributed by atoms with Gasteiger partial charge in [0.25, 0.3) is 11.8 Å². The first-order valence-electron chi connectivity index (χ1n) is 8.61. The second-order valence-corrected chi connectivity index (χ2v) is 7.34. The Labute approximate surface area is 176 Å². The van der Waals surface area contributed by atoms with Crippen LogP contribution in [0.25, 0.3) is 0 Å². The molecule has 1 heterocycles. The number of nitrogens with one attached hydrogen (secondary N) is 1. The molecule has 0 saturated heterocycles. The molecule has 1 aromatic heterocycles. The number of hydrogen-bond acceptors (Lipinski definition) is 3. The van der Waals surface area contributed by atoms with Crippen LogP contribution in [0.5, 0.6) is 0 Å². The molecule has 3 aromatic rings. The third kappa shape index (κ3) is 4.82. The molecule has 28 heavy (non-hydrogen) atoms. The van der Waals surface area contributed by atoms with Crippen LogP contribution < -0.4 is 10.2 Å². The maximum absolute atomic E-state index is 12.7. The lowest BCUT2D eigenvalue weighted by Crippen LogP contribution is -2.31. The Morgan fingerprint density at radius 3 is 2.61 bits per heavy atom. The van der Waals surface area contributed by atoms with Gasteiger partial charge in [-0.15, -0.1) is 0 Å². The molecule has 2 amide bonds. The molecule has 144 valence electrons. The van der Waals surface area contributed by atoms with Crippen molar-refractivity contribution in [2.45, 2.75) is 6.42 Å². The van der Waals surface area contributed by atoms with E-state index >= 15 is 0 Å². The Bertz CT molecular complexity index is 1000. The number of furan rings is 1. The van der Waals surface area contributed by atoms with Crippen LogP contribution >= 0.6 is 27.5 Å². The summed E-state index contributed by atoms with van der Waals surface area (Å²) in [5.41, 5.74) is 1.95. The third-order valence-electron chi connectivity index (χ3n) is 4.19. The molecule has 5 nitrogen and oxygen atoms in total. The van der Waals surface area contributed by atoms with Crippen LogP contribution in [0.2, 0.25) is 5.02 Å². The maximum atomic E-state index is 12.7. The highest BCUT2D eigenvalue weighted by Crippen LogP contribution is 2.23. The van der Waals surface area contributed by atoms with Gasteiger partial charge in [0.2, 0.25) is 0 Å². The molecule has 0 aliphatic carbocycles. The van der Waals surface area contributed by atoms with Gasteiger partial charge in [-0.3, -0.25) is 9.59 Å². The summed E-state index contributed by atoms with van der Waals surface area (Å²) in [6.45, 7) is 0.455. The van der Waals surface area contributed by atoms with Crippen LogP contribution in [0, 0.1) is 0 Å². The molecular weight excluding hydrogens is 444 g/mol. The topological polar surface area (TPSA) is 62.6 Å². The summed E-state index contributed by atoms with van der Waals surface area (Å²) in [7, 11) is 1.61. The molecule has 1 N–H and O–H groups in total. The molecule has 2 aromatic carbocycles. The van der Waals surface area contributed by atoms with E-state index in [4.69, 9.17) is 16.0 Å². The van der Waals surface area contributed by atoms with Gasteiger partial charge in [-0.25, -0.2) is 0 Å². The molecule has 0 aliphatic heterocycles. The summed E-state index contributed by atoms with van der Waals surface area (Å²) < 4.78 is 5.79. The highest BCUT2D eigenvalue weighted by atomic mass is 79.9. The van der Waals surface area contributed by atoms with Gasteiger partial charge >= 0.3 is 0 Å². The number of anilines is 1. The van der Waals surface area contributed by atoms with Crippen LogP contribution in [-0.2, 0) is 6.42 Å². The Kier molecular flexibility index (Phi) is 6.54. The van der Waals surface area contributed by atoms with Crippen LogP contribution in [0.15, 0.2) is 69.8 Å². The van der Waals surface area contributed by atoms with Gasteiger partial charge in [0.05, 0.1) is 11.3 Å². The fourth-order valence-corrected chi connectivity index (χ4v) is 3.29. The van der Waals surface area contributed by atoms with Crippen LogP contribution in [0.4, 0.5) is 5.69 Å². The van der Waals surface area contributed by atoms with E-state index in [1.54, 1.807) is 43.4 Å². The van der Waals surface area contributed by atoms with Gasteiger partial charge in [-0.1, -0.05) is 35.9 Å². The van der Waals surface area contributed by atoms with Gasteiger partial charge in [-0.05, 0) is 64.3 Å². The summed E-state index contributed by atoms with van der Waals surface area (Å²) in [5, 5.41) is 3.56. The zero-order valence-electron chi connectivity index (χ0n) is 15.1. The average Bonchev–Trinajstić information content (AvgIpc) is 3.13. The van der Waals surface area contributed by atoms with Crippen LogP contribution in [-0.4, -0.2) is 25.4 Å². The first kappa shape index (κ1) is 20.2. The van der Waals surface area contributed by atoms with Crippen molar-refractivity contribution in [2.75, 3.05) is 18.5 Å². The van der Waals surface area contributed by atoms with E-state index in [0.29, 0.717) is 33.9 Å². The zero-order valence-corrected chi connectivity index (χ0v) is 17.5. The number of nitrogens with zero attached hydrogens (tertiary/aromatic N) is 1. The molecule has 0 radical (unpaired) electrons. The number of rotatable bonds is 6. The molecule has 3 rings (SSSR count). The summed E-state index contributed by atoms with van der Waals surface area (Å²) in [6.07, 6.45) is 0.656. The normalized spacial score (nSPS) is 10.5. The van der Waals surface area contributed by atoms with Crippen molar-refractivity contribution in [1.29, 1.82) is 0 Å². The SMILES string of the molecule is CN(C(=O)c1ccc(Br)o1)c1ccccc1C(=O)NCCc1cccc(Cl)c1. The highest BCUT2D eigenvalue weighted by Gasteiger charge is 2.21. The van der Waals surface area contributed by atoms with Gasteiger partial charge < -0.3 is 14.6 Å². The van der Waals surface area contributed by atoms with Crippen molar-refractivity contribution in [3.63, 3.8) is 0 Å². The Balaban J connectivity index is 1.70. The highest BCUT2D eigenvalue weighted by molar-refractivity contribution is 9.10. The number of benzene rings is 2. The van der Waals surface area contributed by atoms with Crippen molar-refractivity contribution in [3.05, 3.63) is 87.2 Å². The van der Waals surface area contributed by atoms with E-state index < -0.39 is 0 Å². The number of amides is 2. The van der Waals surface area contributed by atoms with Crippen molar-refractivity contribution in [1.82, 2.24) is 5.32 Å². The minimum absolute atomic E-state index is 0.186. The minimum atomic E-state index is -0.343. The Morgan fingerprint density at radius 2 is 1.89 bits per heavy atom. The van der Waals surface area contributed by atoms with E-state index in [-0.39, 0.29) is 17.6 Å². The zero-order chi connectivity index (χ0) is 20.1.